The molecule has 0 aliphatic carbocycles. The van der Waals surface area contributed by atoms with Crippen molar-refractivity contribution in [1.29, 1.82) is 0 Å². The van der Waals surface area contributed by atoms with Gasteiger partial charge < -0.3 is 9.84 Å². The Morgan fingerprint density at radius 3 is 2.10 bits per heavy atom. The maximum atomic E-state index is 12.0. The van der Waals surface area contributed by atoms with Gasteiger partial charge in [0.2, 0.25) is 0 Å². The summed E-state index contributed by atoms with van der Waals surface area (Å²) in [6.45, 7) is 0. The number of benzene rings is 2. The lowest BCUT2D eigenvalue weighted by molar-refractivity contribution is -0.274. The van der Waals surface area contributed by atoms with Crippen LogP contribution in [0.5, 0.6) is 11.5 Å². The minimum atomic E-state index is -4.73. The Bertz CT molecular complexity index is 619. The van der Waals surface area contributed by atoms with E-state index in [1.807, 2.05) is 0 Å². The second-order valence-corrected chi connectivity index (χ2v) is 3.96. The van der Waals surface area contributed by atoms with Crippen molar-refractivity contribution in [2.45, 2.75) is 6.36 Å². The van der Waals surface area contributed by atoms with Crippen LogP contribution in [0, 0.1) is 0 Å². The number of phenols is 1. The highest BCUT2D eigenvalue weighted by Gasteiger charge is 2.30. The van der Waals surface area contributed by atoms with Crippen LogP contribution in [0.15, 0.2) is 42.5 Å². The molecule has 0 saturated carbocycles. The predicted molar refractivity (Wildman–Crippen MR) is 65.6 cm³/mol. The molecule has 2 rings (SSSR count). The van der Waals surface area contributed by atoms with Gasteiger partial charge in [-0.15, -0.1) is 13.2 Å². The third kappa shape index (κ3) is 3.28. The second-order valence-electron chi connectivity index (χ2n) is 3.96. The van der Waals surface area contributed by atoms with Crippen LogP contribution in [0.25, 0.3) is 11.1 Å². The first-order valence-corrected chi connectivity index (χ1v) is 5.53. The Morgan fingerprint density at radius 1 is 1.00 bits per heavy atom. The standard InChI is InChI=1S/C14H9F3O3/c15-14(16,17)20-12-5-3-9(4-6-12)10-1-2-11(8-18)13(19)7-10/h1-8,19H. The molecule has 0 heterocycles. The van der Waals surface area contributed by atoms with Crippen molar-refractivity contribution in [2.24, 2.45) is 0 Å². The Labute approximate surface area is 112 Å². The van der Waals surface area contributed by atoms with Gasteiger partial charge in [-0.2, -0.15) is 0 Å². The lowest BCUT2D eigenvalue weighted by Crippen LogP contribution is -2.16. The van der Waals surface area contributed by atoms with E-state index in [4.69, 9.17) is 0 Å². The topological polar surface area (TPSA) is 46.5 Å². The number of rotatable bonds is 3. The van der Waals surface area contributed by atoms with Gasteiger partial charge in [0, 0.05) is 0 Å². The van der Waals surface area contributed by atoms with Crippen LogP contribution in [-0.4, -0.2) is 17.8 Å². The van der Waals surface area contributed by atoms with Crippen molar-refractivity contribution >= 4 is 6.29 Å². The fourth-order valence-electron chi connectivity index (χ4n) is 1.67. The van der Waals surface area contributed by atoms with Crippen LogP contribution < -0.4 is 4.74 Å². The number of phenolic OH excluding ortho intramolecular Hbond substituents is 1. The average Bonchev–Trinajstić information content (AvgIpc) is 2.37. The van der Waals surface area contributed by atoms with E-state index < -0.39 is 6.36 Å². The van der Waals surface area contributed by atoms with Crippen molar-refractivity contribution in [3.8, 4) is 22.6 Å². The molecule has 1 N–H and O–H groups in total. The molecule has 3 nitrogen and oxygen atoms in total. The molecule has 0 amide bonds. The molecule has 104 valence electrons. The zero-order valence-corrected chi connectivity index (χ0v) is 10.0. The summed E-state index contributed by atoms with van der Waals surface area (Å²) in [6.07, 6.45) is -4.22. The summed E-state index contributed by atoms with van der Waals surface area (Å²) in [5.74, 6) is -0.511. The Kier molecular flexibility index (Phi) is 3.65. The van der Waals surface area contributed by atoms with Gasteiger partial charge in [0.15, 0.2) is 6.29 Å². The van der Waals surface area contributed by atoms with Gasteiger partial charge in [0.05, 0.1) is 5.56 Å². The number of hydrogen-bond acceptors (Lipinski definition) is 3. The number of carbonyl (C=O) groups excluding carboxylic acids is 1. The van der Waals surface area contributed by atoms with Gasteiger partial charge >= 0.3 is 6.36 Å². The van der Waals surface area contributed by atoms with Crippen LogP contribution >= 0.6 is 0 Å². The van der Waals surface area contributed by atoms with Crippen molar-refractivity contribution in [3.63, 3.8) is 0 Å². The third-order valence-electron chi connectivity index (χ3n) is 2.58. The smallest absolute Gasteiger partial charge is 0.507 e. The molecule has 0 aliphatic heterocycles. The summed E-state index contributed by atoms with van der Waals surface area (Å²) in [5.41, 5.74) is 1.31. The first kappa shape index (κ1) is 13.9. The van der Waals surface area contributed by atoms with Gasteiger partial charge in [-0.05, 0) is 35.4 Å². The molecular formula is C14H9F3O3. The highest BCUT2D eigenvalue weighted by atomic mass is 19.4. The largest absolute Gasteiger partial charge is 0.573 e. The molecule has 0 spiro atoms. The molecule has 0 unspecified atom stereocenters. The van der Waals surface area contributed by atoms with Crippen LogP contribution in [0.2, 0.25) is 0 Å². The molecule has 0 saturated heterocycles. The lowest BCUT2D eigenvalue weighted by Gasteiger charge is -2.09. The lowest BCUT2D eigenvalue weighted by atomic mass is 10.0. The van der Waals surface area contributed by atoms with E-state index >= 15 is 0 Å². The van der Waals surface area contributed by atoms with E-state index in [1.54, 1.807) is 6.07 Å². The average molecular weight is 282 g/mol. The minimum Gasteiger partial charge on any atom is -0.507 e. The first-order valence-electron chi connectivity index (χ1n) is 5.53. The van der Waals surface area contributed by atoms with E-state index in [0.717, 1.165) is 0 Å². The number of ether oxygens (including phenoxy) is 1. The molecule has 0 atom stereocenters. The van der Waals surface area contributed by atoms with Gasteiger partial charge in [-0.25, -0.2) is 0 Å². The van der Waals surface area contributed by atoms with E-state index in [2.05, 4.69) is 4.74 Å². The number of alkyl halides is 3. The summed E-state index contributed by atoms with van der Waals surface area (Å²) in [5, 5.41) is 9.56. The minimum absolute atomic E-state index is 0.144. The summed E-state index contributed by atoms with van der Waals surface area (Å²) < 4.78 is 39.8. The van der Waals surface area contributed by atoms with Crippen molar-refractivity contribution in [2.75, 3.05) is 0 Å². The number of carbonyl (C=O) groups is 1. The number of hydrogen-bond donors (Lipinski definition) is 1. The van der Waals surface area contributed by atoms with Gasteiger partial charge in [-0.3, -0.25) is 4.79 Å². The molecule has 0 fully saturated rings. The third-order valence-corrected chi connectivity index (χ3v) is 2.58. The summed E-state index contributed by atoms with van der Waals surface area (Å²) >= 11 is 0. The summed E-state index contributed by atoms with van der Waals surface area (Å²) in [4.78, 5) is 10.6. The first-order chi connectivity index (χ1) is 9.39. The zero-order valence-electron chi connectivity index (χ0n) is 10.0. The van der Waals surface area contributed by atoms with Crippen LogP contribution in [0.1, 0.15) is 10.4 Å². The van der Waals surface area contributed by atoms with Crippen molar-refractivity contribution in [1.82, 2.24) is 0 Å². The van der Waals surface area contributed by atoms with Crippen LogP contribution in [0.4, 0.5) is 13.2 Å². The quantitative estimate of drug-likeness (QED) is 0.872. The zero-order chi connectivity index (χ0) is 14.8. The number of aromatic hydroxyl groups is 1. The van der Waals surface area contributed by atoms with E-state index in [0.29, 0.717) is 17.4 Å². The molecule has 0 aliphatic rings. The molecule has 0 radical (unpaired) electrons. The molecule has 20 heavy (non-hydrogen) atoms. The van der Waals surface area contributed by atoms with Crippen LogP contribution in [0.3, 0.4) is 0 Å². The molecule has 6 heteroatoms. The maximum absolute atomic E-state index is 12.0. The Hall–Kier alpha value is -2.50. The normalized spacial score (nSPS) is 11.2. The van der Waals surface area contributed by atoms with Crippen molar-refractivity contribution < 1.29 is 27.8 Å². The summed E-state index contributed by atoms with van der Waals surface area (Å²) in [6, 6.07) is 9.58. The number of halogens is 3. The monoisotopic (exact) mass is 282 g/mol. The molecule has 0 aromatic heterocycles. The Morgan fingerprint density at radius 2 is 1.60 bits per heavy atom. The molecule has 0 bridgehead atoms. The van der Waals surface area contributed by atoms with E-state index in [-0.39, 0.29) is 17.1 Å². The highest BCUT2D eigenvalue weighted by molar-refractivity contribution is 5.81. The van der Waals surface area contributed by atoms with Crippen LogP contribution in [-0.2, 0) is 0 Å². The molecule has 2 aromatic rings. The Balaban J connectivity index is 2.26. The summed E-state index contributed by atoms with van der Waals surface area (Å²) in [7, 11) is 0. The van der Waals surface area contributed by atoms with Gasteiger partial charge in [0.25, 0.3) is 0 Å². The fourth-order valence-corrected chi connectivity index (χ4v) is 1.67. The SMILES string of the molecule is O=Cc1ccc(-c2ccc(OC(F)(F)F)cc2)cc1O. The second kappa shape index (κ2) is 5.24. The van der Waals surface area contributed by atoms with E-state index in [1.165, 1.54) is 36.4 Å². The van der Waals surface area contributed by atoms with E-state index in [9.17, 15) is 23.1 Å². The predicted octanol–water partition coefficient (Wildman–Crippen LogP) is 3.77. The molecular weight excluding hydrogens is 273 g/mol. The molecule has 2 aromatic carbocycles. The van der Waals surface area contributed by atoms with Crippen molar-refractivity contribution in [3.05, 3.63) is 48.0 Å². The maximum Gasteiger partial charge on any atom is 0.573 e. The number of aldehydes is 1. The highest BCUT2D eigenvalue weighted by Crippen LogP contribution is 2.29. The fraction of sp³-hybridized carbons (Fsp3) is 0.0714. The van der Waals surface area contributed by atoms with Gasteiger partial charge in [0.1, 0.15) is 11.5 Å². The van der Waals surface area contributed by atoms with Gasteiger partial charge in [-0.1, -0.05) is 18.2 Å².